The van der Waals surface area contributed by atoms with Crippen LogP contribution in [0.4, 0.5) is 0 Å². The van der Waals surface area contributed by atoms with Crippen LogP contribution in [0, 0.1) is 0 Å². The highest BCUT2D eigenvalue weighted by molar-refractivity contribution is 5.86. The first-order chi connectivity index (χ1) is 14.6. The van der Waals surface area contributed by atoms with Crippen LogP contribution in [0.25, 0.3) is 0 Å². The molecule has 2 aromatic rings. The Hall–Kier alpha value is -3.75. The minimum absolute atomic E-state index is 0.0106. The van der Waals surface area contributed by atoms with Crippen molar-refractivity contribution in [3.05, 3.63) is 54.1 Å². The fourth-order valence-corrected chi connectivity index (χ4v) is 2.76. The maximum Gasteiger partial charge on any atom is 0.306 e. The molecule has 2 aromatic carbocycles. The number of methoxy groups -OCH3 is 1. The summed E-state index contributed by atoms with van der Waals surface area (Å²) in [6.07, 6.45) is -0.405. The second-order valence-electron chi connectivity index (χ2n) is 6.37. The monoisotopic (exact) mass is 414 g/mol. The zero-order valence-electron chi connectivity index (χ0n) is 16.4. The van der Waals surface area contributed by atoms with Gasteiger partial charge in [0.25, 0.3) is 11.8 Å². The summed E-state index contributed by atoms with van der Waals surface area (Å²) in [4.78, 5) is 35.8. The van der Waals surface area contributed by atoms with E-state index in [1.807, 2.05) is 18.2 Å². The smallest absolute Gasteiger partial charge is 0.306 e. The molecule has 0 unspecified atom stereocenters. The average molecular weight is 414 g/mol. The lowest BCUT2D eigenvalue weighted by Gasteiger charge is -2.25. The first-order valence-electron chi connectivity index (χ1n) is 9.31. The molecule has 1 aliphatic heterocycles. The summed E-state index contributed by atoms with van der Waals surface area (Å²) < 4.78 is 21.1. The van der Waals surface area contributed by atoms with Crippen molar-refractivity contribution >= 4 is 17.8 Å². The van der Waals surface area contributed by atoms with E-state index in [1.54, 1.807) is 37.4 Å². The van der Waals surface area contributed by atoms with Gasteiger partial charge in [-0.25, -0.2) is 0 Å². The molecule has 30 heavy (non-hydrogen) atoms. The molecule has 158 valence electrons. The van der Waals surface area contributed by atoms with Gasteiger partial charge in [-0.3, -0.25) is 25.2 Å². The van der Waals surface area contributed by atoms with E-state index in [0.717, 1.165) is 5.56 Å². The predicted molar refractivity (Wildman–Crippen MR) is 105 cm³/mol. The number of amides is 2. The number of aryl methyl sites for hydroxylation is 1. The van der Waals surface area contributed by atoms with Crippen LogP contribution in [0.15, 0.2) is 48.5 Å². The van der Waals surface area contributed by atoms with Crippen molar-refractivity contribution in [2.24, 2.45) is 0 Å². The minimum Gasteiger partial charge on any atom is -0.496 e. The summed E-state index contributed by atoms with van der Waals surface area (Å²) in [6.45, 7) is -0.507. The number of esters is 1. The Bertz CT molecular complexity index is 916. The maximum absolute atomic E-state index is 12.1. The van der Waals surface area contributed by atoms with Gasteiger partial charge in [0.15, 0.2) is 18.1 Å². The second-order valence-corrected chi connectivity index (χ2v) is 6.37. The lowest BCUT2D eigenvalue weighted by Crippen LogP contribution is -2.51. The summed E-state index contributed by atoms with van der Waals surface area (Å²) in [7, 11) is 1.55. The van der Waals surface area contributed by atoms with Gasteiger partial charge in [-0.1, -0.05) is 30.3 Å². The van der Waals surface area contributed by atoms with E-state index < -0.39 is 30.5 Å². The molecular weight excluding hydrogens is 392 g/mol. The van der Waals surface area contributed by atoms with E-state index in [-0.39, 0.29) is 13.0 Å². The van der Waals surface area contributed by atoms with Gasteiger partial charge in [0.1, 0.15) is 12.4 Å². The van der Waals surface area contributed by atoms with E-state index in [1.165, 1.54) is 0 Å². The standard InChI is InChI=1S/C21H22N2O7/c1-27-15-7-3-2-6-14(15)10-11-20(25)29-13-19(24)22-23-21(26)18-12-28-16-8-4-5-9-17(16)30-18/h2-9,18H,10-13H2,1H3,(H,22,24)(H,23,26)/t18-/m0/s1. The zero-order chi connectivity index (χ0) is 21.3. The molecule has 0 aliphatic carbocycles. The molecule has 1 atom stereocenters. The van der Waals surface area contributed by atoms with E-state index in [4.69, 9.17) is 18.9 Å². The van der Waals surface area contributed by atoms with Crippen LogP contribution >= 0.6 is 0 Å². The molecule has 9 heteroatoms. The fourth-order valence-electron chi connectivity index (χ4n) is 2.76. The number of para-hydroxylation sites is 3. The lowest BCUT2D eigenvalue weighted by molar-refractivity contribution is -0.149. The van der Waals surface area contributed by atoms with Crippen molar-refractivity contribution in [2.45, 2.75) is 18.9 Å². The van der Waals surface area contributed by atoms with Crippen LogP contribution in [0.1, 0.15) is 12.0 Å². The van der Waals surface area contributed by atoms with Crippen LogP contribution in [0.3, 0.4) is 0 Å². The van der Waals surface area contributed by atoms with Crippen molar-refractivity contribution in [3.8, 4) is 17.2 Å². The topological polar surface area (TPSA) is 112 Å². The van der Waals surface area contributed by atoms with Gasteiger partial charge >= 0.3 is 5.97 Å². The first-order valence-corrected chi connectivity index (χ1v) is 9.31. The van der Waals surface area contributed by atoms with Gasteiger partial charge in [0.2, 0.25) is 6.10 Å². The van der Waals surface area contributed by atoms with Crippen LogP contribution in [-0.4, -0.2) is 44.2 Å². The number of carbonyl (C=O) groups is 3. The summed E-state index contributed by atoms with van der Waals surface area (Å²) in [5.41, 5.74) is 5.27. The van der Waals surface area contributed by atoms with Crippen LogP contribution < -0.4 is 25.1 Å². The van der Waals surface area contributed by atoms with Crippen LogP contribution in [0.5, 0.6) is 17.2 Å². The first kappa shape index (κ1) is 21.0. The van der Waals surface area contributed by atoms with E-state index in [0.29, 0.717) is 23.7 Å². The summed E-state index contributed by atoms with van der Waals surface area (Å²) in [6, 6.07) is 14.3. The number of hydrogen-bond acceptors (Lipinski definition) is 7. The predicted octanol–water partition coefficient (Wildman–Crippen LogP) is 1.16. The van der Waals surface area contributed by atoms with E-state index >= 15 is 0 Å². The molecule has 2 N–H and O–H groups in total. The Balaban J connectivity index is 1.35. The van der Waals surface area contributed by atoms with Gasteiger partial charge < -0.3 is 18.9 Å². The molecule has 0 bridgehead atoms. The van der Waals surface area contributed by atoms with E-state index in [2.05, 4.69) is 10.9 Å². The molecule has 3 rings (SSSR count). The second kappa shape index (κ2) is 10.1. The largest absolute Gasteiger partial charge is 0.496 e. The molecule has 2 amide bonds. The molecular formula is C21H22N2O7. The average Bonchev–Trinajstić information content (AvgIpc) is 2.79. The number of benzene rings is 2. The summed E-state index contributed by atoms with van der Waals surface area (Å²) in [5, 5.41) is 0. The van der Waals surface area contributed by atoms with Crippen LogP contribution in [-0.2, 0) is 25.5 Å². The molecule has 0 spiro atoms. The summed E-state index contributed by atoms with van der Waals surface area (Å²) in [5.74, 6) is -0.124. The molecule has 1 heterocycles. The molecule has 0 radical (unpaired) electrons. The van der Waals surface area contributed by atoms with Crippen molar-refractivity contribution in [3.63, 3.8) is 0 Å². The fraction of sp³-hybridized carbons (Fsp3) is 0.286. The Morgan fingerprint density at radius 2 is 1.77 bits per heavy atom. The van der Waals surface area contributed by atoms with Crippen molar-refractivity contribution < 1.29 is 33.3 Å². The third-order valence-corrected chi connectivity index (χ3v) is 4.28. The number of carbonyl (C=O) groups excluding carboxylic acids is 3. The zero-order valence-corrected chi connectivity index (χ0v) is 16.4. The van der Waals surface area contributed by atoms with Gasteiger partial charge in [-0.2, -0.15) is 0 Å². The van der Waals surface area contributed by atoms with Crippen molar-refractivity contribution in [1.82, 2.24) is 10.9 Å². The highest BCUT2D eigenvalue weighted by Crippen LogP contribution is 2.30. The molecule has 0 saturated carbocycles. The Kier molecular flexibility index (Phi) is 7.09. The normalized spacial score (nSPS) is 14.4. The van der Waals surface area contributed by atoms with Crippen molar-refractivity contribution in [2.75, 3.05) is 20.3 Å². The minimum atomic E-state index is -0.913. The Labute approximate surface area is 173 Å². The molecule has 0 aromatic heterocycles. The third kappa shape index (κ3) is 5.63. The van der Waals surface area contributed by atoms with Gasteiger partial charge in [0.05, 0.1) is 7.11 Å². The summed E-state index contributed by atoms with van der Waals surface area (Å²) >= 11 is 0. The third-order valence-electron chi connectivity index (χ3n) is 4.28. The van der Waals surface area contributed by atoms with Crippen molar-refractivity contribution in [1.29, 1.82) is 0 Å². The number of fused-ring (bicyclic) bond motifs is 1. The number of rotatable bonds is 7. The molecule has 9 nitrogen and oxygen atoms in total. The number of ether oxygens (including phenoxy) is 4. The molecule has 0 saturated heterocycles. The van der Waals surface area contributed by atoms with Crippen LogP contribution in [0.2, 0.25) is 0 Å². The van der Waals surface area contributed by atoms with Gasteiger partial charge in [0, 0.05) is 6.42 Å². The number of nitrogens with one attached hydrogen (secondary N) is 2. The Morgan fingerprint density at radius 1 is 1.03 bits per heavy atom. The molecule has 0 fully saturated rings. The van der Waals surface area contributed by atoms with Gasteiger partial charge in [-0.05, 0) is 30.2 Å². The number of hydrogen-bond donors (Lipinski definition) is 2. The lowest BCUT2D eigenvalue weighted by atomic mass is 10.1. The van der Waals surface area contributed by atoms with E-state index in [9.17, 15) is 14.4 Å². The SMILES string of the molecule is COc1ccccc1CCC(=O)OCC(=O)NNC(=O)[C@@H]1COc2ccccc2O1. The van der Waals surface area contributed by atoms with Gasteiger partial charge in [-0.15, -0.1) is 0 Å². The quantitative estimate of drug-likeness (QED) is 0.516. The highest BCUT2D eigenvalue weighted by Gasteiger charge is 2.27. The number of hydrazine groups is 1. The molecule has 1 aliphatic rings. The maximum atomic E-state index is 12.1. The highest BCUT2D eigenvalue weighted by atomic mass is 16.6. The Morgan fingerprint density at radius 3 is 2.57 bits per heavy atom.